The third-order valence-electron chi connectivity index (χ3n) is 3.09. The van der Waals surface area contributed by atoms with Crippen LogP contribution in [0.25, 0.3) is 10.9 Å². The third-order valence-corrected chi connectivity index (χ3v) is 3.86. The Morgan fingerprint density at radius 3 is 2.80 bits per heavy atom. The van der Waals surface area contributed by atoms with Gasteiger partial charge >= 0.3 is 0 Å². The standard InChI is InChI=1S/C13H13ClN2O3S/c14-9-1-2-12-10(7-9)11(8-20(18)19)13(3-6-17)16(12)5-4-15/h1-2,7,17H,3,5-6,8H2,(H,18,19). The summed E-state index contributed by atoms with van der Waals surface area (Å²) >= 11 is 3.98. The number of aliphatic hydroxyl groups excluding tert-OH is 1. The Morgan fingerprint density at radius 1 is 1.45 bits per heavy atom. The van der Waals surface area contributed by atoms with E-state index in [1.54, 1.807) is 22.8 Å². The lowest BCUT2D eigenvalue weighted by molar-refractivity contribution is 0.296. The van der Waals surface area contributed by atoms with Gasteiger partial charge in [-0.15, -0.1) is 0 Å². The lowest BCUT2D eigenvalue weighted by Crippen LogP contribution is -2.07. The molecule has 0 saturated carbocycles. The number of aliphatic hydroxyl groups is 1. The maximum atomic E-state index is 11.2. The van der Waals surface area contributed by atoms with E-state index in [4.69, 9.17) is 21.4 Å². The second-order valence-corrected chi connectivity index (χ2v) is 5.64. The smallest absolute Gasteiger partial charge is 0.157 e. The quantitative estimate of drug-likeness (QED) is 0.828. The van der Waals surface area contributed by atoms with E-state index in [-0.39, 0.29) is 18.9 Å². The second-order valence-electron chi connectivity index (χ2n) is 4.27. The molecular formula is C13H13ClN2O3S. The van der Waals surface area contributed by atoms with E-state index < -0.39 is 11.1 Å². The number of rotatable bonds is 5. The van der Waals surface area contributed by atoms with Gasteiger partial charge in [-0.05, 0) is 23.8 Å². The van der Waals surface area contributed by atoms with Gasteiger partial charge in [-0.3, -0.25) is 0 Å². The summed E-state index contributed by atoms with van der Waals surface area (Å²) in [6.07, 6.45) is 0.320. The highest BCUT2D eigenvalue weighted by molar-refractivity contribution is 7.78. The van der Waals surface area contributed by atoms with Gasteiger partial charge in [-0.2, -0.15) is 5.26 Å². The number of nitriles is 1. The predicted octanol–water partition coefficient (Wildman–Crippen LogP) is 2.07. The van der Waals surface area contributed by atoms with Crippen molar-refractivity contribution in [2.24, 2.45) is 0 Å². The van der Waals surface area contributed by atoms with E-state index in [1.165, 1.54) is 0 Å². The minimum Gasteiger partial charge on any atom is -0.396 e. The van der Waals surface area contributed by atoms with Gasteiger partial charge in [-0.1, -0.05) is 11.6 Å². The summed E-state index contributed by atoms with van der Waals surface area (Å²) in [6.45, 7) is 0.0199. The maximum Gasteiger partial charge on any atom is 0.157 e. The number of benzene rings is 1. The van der Waals surface area contributed by atoms with Crippen molar-refractivity contribution in [1.82, 2.24) is 4.57 Å². The molecule has 1 aromatic carbocycles. The number of halogens is 1. The van der Waals surface area contributed by atoms with E-state index in [1.807, 2.05) is 0 Å². The molecule has 0 saturated heterocycles. The summed E-state index contributed by atoms with van der Waals surface area (Å²) in [5.74, 6) is -0.0510. The molecular weight excluding hydrogens is 300 g/mol. The molecule has 0 fully saturated rings. The molecule has 0 bridgehead atoms. The topological polar surface area (TPSA) is 86.3 Å². The largest absolute Gasteiger partial charge is 0.396 e. The number of aromatic nitrogens is 1. The zero-order valence-electron chi connectivity index (χ0n) is 10.5. The normalized spacial score (nSPS) is 12.5. The molecule has 1 atom stereocenters. The first kappa shape index (κ1) is 15.0. The molecule has 0 amide bonds. The van der Waals surface area contributed by atoms with E-state index in [0.717, 1.165) is 10.9 Å². The second kappa shape index (κ2) is 6.37. The van der Waals surface area contributed by atoms with Crippen molar-refractivity contribution in [3.63, 3.8) is 0 Å². The Labute approximate surface area is 123 Å². The van der Waals surface area contributed by atoms with Crippen molar-refractivity contribution in [2.75, 3.05) is 6.61 Å². The van der Waals surface area contributed by atoms with E-state index >= 15 is 0 Å². The van der Waals surface area contributed by atoms with Gasteiger partial charge in [0.2, 0.25) is 0 Å². The highest BCUT2D eigenvalue weighted by atomic mass is 35.5. The first-order valence-corrected chi connectivity index (χ1v) is 7.58. The molecule has 1 unspecified atom stereocenters. The fourth-order valence-corrected chi connectivity index (χ4v) is 3.12. The van der Waals surface area contributed by atoms with Crippen LogP contribution >= 0.6 is 11.6 Å². The number of fused-ring (bicyclic) bond motifs is 1. The summed E-state index contributed by atoms with van der Waals surface area (Å²) in [4.78, 5) is 0. The van der Waals surface area contributed by atoms with Gasteiger partial charge in [-0.25, -0.2) is 4.21 Å². The van der Waals surface area contributed by atoms with E-state index in [2.05, 4.69) is 6.07 Å². The minimum atomic E-state index is -2.00. The maximum absolute atomic E-state index is 11.2. The molecule has 1 heterocycles. The van der Waals surface area contributed by atoms with Crippen LogP contribution in [-0.4, -0.2) is 25.0 Å². The highest BCUT2D eigenvalue weighted by Crippen LogP contribution is 2.30. The van der Waals surface area contributed by atoms with Crippen LogP contribution in [-0.2, 0) is 29.8 Å². The Balaban J connectivity index is 2.76. The summed E-state index contributed by atoms with van der Waals surface area (Å²) in [5.41, 5.74) is 2.14. The van der Waals surface area contributed by atoms with Gasteiger partial charge < -0.3 is 14.2 Å². The fraction of sp³-hybridized carbons (Fsp3) is 0.308. The molecule has 1 aromatic heterocycles. The molecule has 0 spiro atoms. The summed E-state index contributed by atoms with van der Waals surface area (Å²) in [7, 11) is 0. The molecule has 7 heteroatoms. The lowest BCUT2D eigenvalue weighted by atomic mass is 10.1. The number of hydrogen-bond acceptors (Lipinski definition) is 3. The number of hydrogen-bond donors (Lipinski definition) is 2. The van der Waals surface area contributed by atoms with Crippen LogP contribution in [0.2, 0.25) is 5.02 Å². The summed E-state index contributed by atoms with van der Waals surface area (Å²) in [5, 5.41) is 19.4. The molecule has 2 rings (SSSR count). The van der Waals surface area contributed by atoms with Gasteiger partial charge in [0.1, 0.15) is 6.54 Å². The Kier molecular flexibility index (Phi) is 4.78. The SMILES string of the molecule is N#CCn1c(CCO)c(CS(=O)O)c2cc(Cl)ccc21. The van der Waals surface area contributed by atoms with Crippen LogP contribution in [0.1, 0.15) is 11.3 Å². The van der Waals surface area contributed by atoms with Gasteiger partial charge in [0.05, 0.1) is 11.8 Å². The average Bonchev–Trinajstić information content (AvgIpc) is 2.65. The molecule has 0 aliphatic rings. The van der Waals surface area contributed by atoms with Crippen molar-refractivity contribution < 1.29 is 13.9 Å². The molecule has 2 aromatic rings. The van der Waals surface area contributed by atoms with Crippen molar-refractivity contribution >= 4 is 33.6 Å². The Bertz CT molecular complexity index is 706. The fourth-order valence-electron chi connectivity index (χ4n) is 2.38. The van der Waals surface area contributed by atoms with Crippen LogP contribution in [0, 0.1) is 11.3 Å². The zero-order chi connectivity index (χ0) is 14.7. The van der Waals surface area contributed by atoms with Gasteiger partial charge in [0.25, 0.3) is 0 Å². The Hall–Kier alpha value is -1.39. The van der Waals surface area contributed by atoms with E-state index in [9.17, 15) is 9.32 Å². The van der Waals surface area contributed by atoms with Crippen LogP contribution in [0.5, 0.6) is 0 Å². The van der Waals surface area contributed by atoms with E-state index in [0.29, 0.717) is 22.7 Å². The summed E-state index contributed by atoms with van der Waals surface area (Å²) < 4.78 is 22.1. The molecule has 0 aliphatic carbocycles. The summed E-state index contributed by atoms with van der Waals surface area (Å²) in [6, 6.07) is 7.27. The third kappa shape index (κ3) is 2.86. The molecule has 20 heavy (non-hydrogen) atoms. The molecule has 0 radical (unpaired) electrons. The molecule has 0 aliphatic heterocycles. The monoisotopic (exact) mass is 312 g/mol. The zero-order valence-corrected chi connectivity index (χ0v) is 12.1. The van der Waals surface area contributed by atoms with Crippen LogP contribution in [0.15, 0.2) is 18.2 Å². The molecule has 106 valence electrons. The average molecular weight is 313 g/mol. The van der Waals surface area contributed by atoms with Crippen LogP contribution < -0.4 is 0 Å². The highest BCUT2D eigenvalue weighted by Gasteiger charge is 2.18. The van der Waals surface area contributed by atoms with Crippen LogP contribution in [0.4, 0.5) is 0 Å². The van der Waals surface area contributed by atoms with Crippen molar-refractivity contribution in [3.05, 3.63) is 34.5 Å². The first-order chi connectivity index (χ1) is 9.58. The molecule has 5 nitrogen and oxygen atoms in total. The Morgan fingerprint density at radius 2 is 2.20 bits per heavy atom. The first-order valence-electron chi connectivity index (χ1n) is 5.93. The van der Waals surface area contributed by atoms with Gasteiger partial charge in [0, 0.05) is 34.6 Å². The van der Waals surface area contributed by atoms with Crippen LogP contribution in [0.3, 0.4) is 0 Å². The van der Waals surface area contributed by atoms with Crippen molar-refractivity contribution in [1.29, 1.82) is 5.26 Å². The van der Waals surface area contributed by atoms with Crippen molar-refractivity contribution in [2.45, 2.75) is 18.7 Å². The van der Waals surface area contributed by atoms with Gasteiger partial charge in [0.15, 0.2) is 11.1 Å². The lowest BCUT2D eigenvalue weighted by Gasteiger charge is -2.07. The molecule has 2 N–H and O–H groups in total. The predicted molar refractivity (Wildman–Crippen MR) is 77.8 cm³/mol. The van der Waals surface area contributed by atoms with Crippen molar-refractivity contribution in [3.8, 4) is 6.07 Å². The number of nitrogens with zero attached hydrogens (tertiary/aromatic N) is 2. The minimum absolute atomic E-state index is 0.0510.